The van der Waals surface area contributed by atoms with Crippen LogP contribution in [0.25, 0.3) is 0 Å². The molecule has 0 spiro atoms. The highest BCUT2D eigenvalue weighted by Crippen LogP contribution is 2.22. The molecule has 1 aliphatic heterocycles. The van der Waals surface area contributed by atoms with Crippen LogP contribution in [0.2, 0.25) is 0 Å². The number of hydrogen-bond donors (Lipinski definition) is 1. The number of anilines is 1. The van der Waals surface area contributed by atoms with Gasteiger partial charge < -0.3 is 0 Å². The summed E-state index contributed by atoms with van der Waals surface area (Å²) in [7, 11) is -3.82. The first-order chi connectivity index (χ1) is 12.3. The largest absolute Gasteiger partial charge is 0.296 e. The van der Waals surface area contributed by atoms with Crippen LogP contribution >= 0.6 is 0 Å². The molecular weight excluding hydrogens is 356 g/mol. The summed E-state index contributed by atoms with van der Waals surface area (Å²) in [5, 5.41) is 8.25. The van der Waals surface area contributed by atoms with Crippen molar-refractivity contribution in [2.24, 2.45) is 0 Å². The second-order valence-corrected chi connectivity index (χ2v) is 8.27. The first-order valence-electron chi connectivity index (χ1n) is 8.73. The molecule has 1 aliphatic rings. The van der Waals surface area contributed by atoms with Crippen molar-refractivity contribution in [3.05, 3.63) is 24.7 Å². The molecule has 142 valence electrons. The molecule has 26 heavy (non-hydrogen) atoms. The van der Waals surface area contributed by atoms with Gasteiger partial charge in [-0.15, -0.1) is 0 Å². The summed E-state index contributed by atoms with van der Waals surface area (Å²) < 4.78 is 31.1. The highest BCUT2D eigenvalue weighted by molar-refractivity contribution is 7.89. The summed E-state index contributed by atoms with van der Waals surface area (Å²) in [4.78, 5) is 14.5. The van der Waals surface area contributed by atoms with Gasteiger partial charge in [0, 0.05) is 31.4 Å². The third-order valence-corrected chi connectivity index (χ3v) is 5.85. The van der Waals surface area contributed by atoms with Crippen LogP contribution in [0.15, 0.2) is 29.6 Å². The van der Waals surface area contributed by atoms with E-state index in [2.05, 4.69) is 14.9 Å². The first-order valence-corrected chi connectivity index (χ1v) is 10.2. The smallest absolute Gasteiger partial charge is 0.246 e. The van der Waals surface area contributed by atoms with Gasteiger partial charge in [0.1, 0.15) is 16.8 Å². The summed E-state index contributed by atoms with van der Waals surface area (Å²) in [6, 6.07) is 1.03. The fourth-order valence-corrected chi connectivity index (χ4v) is 4.17. The average Bonchev–Trinajstić information content (AvgIpc) is 3.26. The highest BCUT2D eigenvalue weighted by Gasteiger charge is 2.34. The Morgan fingerprint density at radius 3 is 2.77 bits per heavy atom. The number of nitrogens with one attached hydrogen (secondary N) is 1. The minimum atomic E-state index is -3.82. The zero-order chi connectivity index (χ0) is 18.9. The van der Waals surface area contributed by atoms with Crippen LogP contribution in [-0.4, -0.2) is 46.5 Å². The van der Waals surface area contributed by atoms with E-state index in [-0.39, 0.29) is 16.8 Å². The molecule has 1 saturated heterocycles. The van der Waals surface area contributed by atoms with Gasteiger partial charge in [-0.2, -0.15) is 14.9 Å². The van der Waals surface area contributed by atoms with Crippen molar-refractivity contribution >= 4 is 21.7 Å². The molecule has 1 amide bonds. The average molecular weight is 380 g/mol. The lowest BCUT2D eigenvalue weighted by molar-refractivity contribution is -0.121. The molecule has 3 heterocycles. The fourth-order valence-electron chi connectivity index (χ4n) is 3.01. The molecule has 2 aromatic rings. The van der Waals surface area contributed by atoms with Gasteiger partial charge in [0.2, 0.25) is 15.9 Å². The van der Waals surface area contributed by atoms with Gasteiger partial charge >= 0.3 is 0 Å². The van der Waals surface area contributed by atoms with Crippen LogP contribution < -0.4 is 9.62 Å². The Kier molecular flexibility index (Phi) is 5.15. The van der Waals surface area contributed by atoms with Crippen LogP contribution in [0.3, 0.4) is 0 Å². The van der Waals surface area contributed by atoms with Gasteiger partial charge in [0.25, 0.3) is 0 Å². The van der Waals surface area contributed by atoms with Crippen LogP contribution in [0, 0.1) is 0 Å². The molecule has 0 unspecified atom stereocenters. The normalized spacial score (nSPS) is 18.7. The van der Waals surface area contributed by atoms with E-state index >= 15 is 0 Å². The van der Waals surface area contributed by atoms with Crippen molar-refractivity contribution in [3.8, 4) is 0 Å². The van der Waals surface area contributed by atoms with Crippen LogP contribution in [0.5, 0.6) is 0 Å². The summed E-state index contributed by atoms with van der Waals surface area (Å²) in [6.45, 7) is 6.95. The van der Waals surface area contributed by atoms with Gasteiger partial charge in [-0.3, -0.25) is 14.4 Å². The Morgan fingerprint density at radius 2 is 2.12 bits per heavy atom. The van der Waals surface area contributed by atoms with Gasteiger partial charge in [-0.1, -0.05) is 0 Å². The minimum Gasteiger partial charge on any atom is -0.296 e. The number of piperidine rings is 1. The van der Waals surface area contributed by atoms with Crippen LogP contribution in [0.4, 0.5) is 5.82 Å². The SMILES string of the molecule is CCn1nccc1N1CCC[C@H](NS(=O)(=O)c2cnn(C(C)C)c2)C1=O. The van der Waals surface area contributed by atoms with E-state index in [9.17, 15) is 13.2 Å². The zero-order valence-electron chi connectivity index (χ0n) is 15.2. The third kappa shape index (κ3) is 3.51. The molecule has 1 atom stereocenters. The summed E-state index contributed by atoms with van der Waals surface area (Å²) in [5.74, 6) is 0.431. The van der Waals surface area contributed by atoms with Gasteiger partial charge in [0.15, 0.2) is 0 Å². The van der Waals surface area contributed by atoms with Gasteiger partial charge in [-0.05, 0) is 33.6 Å². The number of sulfonamides is 1. The summed E-state index contributed by atoms with van der Waals surface area (Å²) in [6.07, 6.45) is 5.59. The van der Waals surface area contributed by atoms with Crippen molar-refractivity contribution in [3.63, 3.8) is 0 Å². The van der Waals surface area contributed by atoms with Crippen molar-refractivity contribution in [2.75, 3.05) is 11.4 Å². The molecule has 10 heteroatoms. The Labute approximate surface area is 153 Å². The number of carbonyl (C=O) groups excluding carboxylic acids is 1. The number of hydrogen-bond acceptors (Lipinski definition) is 5. The molecule has 1 N–H and O–H groups in total. The van der Waals surface area contributed by atoms with Crippen LogP contribution in [0.1, 0.15) is 39.7 Å². The molecule has 3 rings (SSSR count). The number of amides is 1. The minimum absolute atomic E-state index is 0.0556. The number of carbonyl (C=O) groups is 1. The first kappa shape index (κ1) is 18.6. The maximum Gasteiger partial charge on any atom is 0.246 e. The molecule has 0 aliphatic carbocycles. The van der Waals surface area contributed by atoms with E-state index in [0.29, 0.717) is 31.7 Å². The number of aromatic nitrogens is 4. The standard InChI is InChI=1S/C16H24N6O3S/c1-4-21-15(7-8-17-21)20-9-5-6-14(16(20)23)19-26(24,25)13-10-18-22(11-13)12(2)3/h7-8,10-12,14,19H,4-6,9H2,1-3H3/t14-/m0/s1. The number of rotatable bonds is 6. The Morgan fingerprint density at radius 1 is 1.35 bits per heavy atom. The predicted octanol–water partition coefficient (Wildman–Crippen LogP) is 1.15. The predicted molar refractivity (Wildman–Crippen MR) is 96.2 cm³/mol. The molecule has 1 fully saturated rings. The van der Waals surface area contributed by atoms with Crippen LogP contribution in [-0.2, 0) is 21.4 Å². The van der Waals surface area contributed by atoms with E-state index in [0.717, 1.165) is 0 Å². The second kappa shape index (κ2) is 7.20. The Hall–Kier alpha value is -2.20. The molecule has 2 aromatic heterocycles. The highest BCUT2D eigenvalue weighted by atomic mass is 32.2. The number of nitrogens with zero attached hydrogens (tertiary/aromatic N) is 5. The Bertz CT molecular complexity index is 885. The monoisotopic (exact) mass is 380 g/mol. The summed E-state index contributed by atoms with van der Waals surface area (Å²) in [5.41, 5.74) is 0. The zero-order valence-corrected chi connectivity index (χ0v) is 16.0. The maximum absolute atomic E-state index is 12.9. The lowest BCUT2D eigenvalue weighted by Crippen LogP contribution is -2.52. The van der Waals surface area contributed by atoms with E-state index < -0.39 is 16.1 Å². The lowest BCUT2D eigenvalue weighted by Gasteiger charge is -2.32. The molecule has 0 saturated carbocycles. The van der Waals surface area contributed by atoms with Gasteiger partial charge in [-0.25, -0.2) is 13.1 Å². The summed E-state index contributed by atoms with van der Waals surface area (Å²) >= 11 is 0. The topological polar surface area (TPSA) is 102 Å². The Balaban J connectivity index is 1.79. The van der Waals surface area contributed by atoms with E-state index in [1.807, 2.05) is 20.8 Å². The molecule has 0 bridgehead atoms. The van der Waals surface area contributed by atoms with Crippen molar-refractivity contribution < 1.29 is 13.2 Å². The second-order valence-electron chi connectivity index (χ2n) is 6.56. The van der Waals surface area contributed by atoms with Crippen molar-refractivity contribution in [2.45, 2.75) is 57.1 Å². The fraction of sp³-hybridized carbons (Fsp3) is 0.562. The van der Waals surface area contributed by atoms with Crippen molar-refractivity contribution in [1.29, 1.82) is 0 Å². The molecule has 9 nitrogen and oxygen atoms in total. The van der Waals surface area contributed by atoms with E-state index in [1.54, 1.807) is 26.5 Å². The maximum atomic E-state index is 12.9. The van der Waals surface area contributed by atoms with E-state index in [1.165, 1.54) is 12.4 Å². The van der Waals surface area contributed by atoms with E-state index in [4.69, 9.17) is 0 Å². The number of aryl methyl sites for hydroxylation is 1. The lowest BCUT2D eigenvalue weighted by atomic mass is 10.1. The third-order valence-electron chi connectivity index (χ3n) is 4.42. The molecule has 0 radical (unpaired) electrons. The molecular formula is C16H24N6O3S. The molecule has 0 aromatic carbocycles. The van der Waals surface area contributed by atoms with Crippen molar-refractivity contribution in [1.82, 2.24) is 24.3 Å². The van der Waals surface area contributed by atoms with Gasteiger partial charge in [0.05, 0.1) is 12.4 Å². The quantitative estimate of drug-likeness (QED) is 0.810.